The van der Waals surface area contributed by atoms with Gasteiger partial charge in [-0.05, 0) is 19.4 Å². The summed E-state index contributed by atoms with van der Waals surface area (Å²) in [6.07, 6.45) is 6.28. The molecule has 1 N–H and O–H groups in total. The fraction of sp³-hybridized carbons (Fsp3) is 0.750. The van der Waals surface area contributed by atoms with Crippen LogP contribution in [0.3, 0.4) is 0 Å². The van der Waals surface area contributed by atoms with Gasteiger partial charge in [-0.1, -0.05) is 0 Å². The Morgan fingerprint density at radius 2 is 2.47 bits per heavy atom. The van der Waals surface area contributed by atoms with Crippen molar-refractivity contribution in [3.05, 3.63) is 18.2 Å². The minimum atomic E-state index is 0.0407. The SMILES string of the molecule is OCc1cncn1CC1CN2CCCC2CO1. The number of hydrogen-bond acceptors (Lipinski definition) is 4. The van der Waals surface area contributed by atoms with Crippen molar-refractivity contribution in [1.82, 2.24) is 14.5 Å². The van der Waals surface area contributed by atoms with E-state index in [-0.39, 0.29) is 12.7 Å². The lowest BCUT2D eigenvalue weighted by Gasteiger charge is -2.35. The van der Waals surface area contributed by atoms with Gasteiger partial charge in [-0.15, -0.1) is 0 Å². The van der Waals surface area contributed by atoms with Gasteiger partial charge in [-0.2, -0.15) is 0 Å². The number of aromatic nitrogens is 2. The van der Waals surface area contributed by atoms with Crippen LogP contribution in [0.25, 0.3) is 0 Å². The highest BCUT2D eigenvalue weighted by Crippen LogP contribution is 2.23. The summed E-state index contributed by atoms with van der Waals surface area (Å²) in [7, 11) is 0. The zero-order valence-corrected chi connectivity index (χ0v) is 9.96. The molecule has 1 aromatic heterocycles. The van der Waals surface area contributed by atoms with E-state index in [1.54, 1.807) is 12.5 Å². The first-order valence-corrected chi connectivity index (χ1v) is 6.32. The van der Waals surface area contributed by atoms with Crippen molar-refractivity contribution in [3.63, 3.8) is 0 Å². The highest BCUT2D eigenvalue weighted by Gasteiger charge is 2.32. The van der Waals surface area contributed by atoms with Gasteiger partial charge in [0.1, 0.15) is 0 Å². The van der Waals surface area contributed by atoms with E-state index in [0.29, 0.717) is 6.04 Å². The number of nitrogens with zero attached hydrogens (tertiary/aromatic N) is 3. The lowest BCUT2D eigenvalue weighted by molar-refractivity contribution is -0.0556. The minimum Gasteiger partial charge on any atom is -0.390 e. The standard InChI is InChI=1S/C12H19N3O2/c16-7-11-4-13-9-15(11)6-12-5-14-3-1-2-10(14)8-17-12/h4,9-10,12,16H,1-3,5-8H2. The number of aliphatic hydroxyl groups is 1. The molecule has 0 aromatic carbocycles. The number of hydrogen-bond donors (Lipinski definition) is 1. The fourth-order valence-corrected chi connectivity index (χ4v) is 2.86. The topological polar surface area (TPSA) is 50.5 Å². The van der Waals surface area contributed by atoms with Crippen LogP contribution in [0.2, 0.25) is 0 Å². The van der Waals surface area contributed by atoms with E-state index in [0.717, 1.165) is 25.4 Å². The normalized spacial score (nSPS) is 29.5. The van der Waals surface area contributed by atoms with Gasteiger partial charge in [-0.3, -0.25) is 4.90 Å². The summed E-state index contributed by atoms with van der Waals surface area (Å²) in [5.41, 5.74) is 0.858. The molecule has 1 aromatic rings. The second kappa shape index (κ2) is 4.76. The third kappa shape index (κ3) is 2.22. The van der Waals surface area contributed by atoms with Gasteiger partial charge in [-0.25, -0.2) is 4.98 Å². The first-order chi connectivity index (χ1) is 8.36. The Kier molecular flexibility index (Phi) is 3.13. The Balaban J connectivity index is 1.62. The molecule has 0 amide bonds. The molecule has 3 rings (SSSR count). The second-order valence-corrected chi connectivity index (χ2v) is 4.94. The molecule has 94 valence electrons. The molecule has 2 aliphatic heterocycles. The summed E-state index contributed by atoms with van der Waals surface area (Å²) >= 11 is 0. The second-order valence-electron chi connectivity index (χ2n) is 4.94. The number of fused-ring (bicyclic) bond motifs is 1. The number of rotatable bonds is 3. The zero-order valence-electron chi connectivity index (χ0n) is 9.96. The van der Waals surface area contributed by atoms with Gasteiger partial charge in [0.05, 0.1) is 44.1 Å². The predicted molar refractivity (Wildman–Crippen MR) is 62.5 cm³/mol. The maximum absolute atomic E-state index is 9.17. The van der Waals surface area contributed by atoms with Crippen LogP contribution < -0.4 is 0 Å². The molecular formula is C12H19N3O2. The van der Waals surface area contributed by atoms with Gasteiger partial charge in [0, 0.05) is 12.6 Å². The van der Waals surface area contributed by atoms with Crippen molar-refractivity contribution in [3.8, 4) is 0 Å². The van der Waals surface area contributed by atoms with Crippen LogP contribution in [-0.2, 0) is 17.9 Å². The number of ether oxygens (including phenoxy) is 1. The molecule has 2 aliphatic rings. The highest BCUT2D eigenvalue weighted by atomic mass is 16.5. The van der Waals surface area contributed by atoms with E-state index in [1.165, 1.54) is 19.4 Å². The maximum atomic E-state index is 9.17. The van der Waals surface area contributed by atoms with Gasteiger partial charge in [0.15, 0.2) is 0 Å². The van der Waals surface area contributed by atoms with E-state index >= 15 is 0 Å². The monoisotopic (exact) mass is 237 g/mol. The van der Waals surface area contributed by atoms with E-state index in [4.69, 9.17) is 4.74 Å². The number of aliphatic hydroxyl groups excluding tert-OH is 1. The smallest absolute Gasteiger partial charge is 0.0949 e. The van der Waals surface area contributed by atoms with Crippen LogP contribution in [0.4, 0.5) is 0 Å². The van der Waals surface area contributed by atoms with Crippen molar-refractivity contribution in [2.75, 3.05) is 19.7 Å². The van der Waals surface area contributed by atoms with E-state index < -0.39 is 0 Å². The van der Waals surface area contributed by atoms with Crippen LogP contribution in [-0.4, -0.2) is 51.4 Å². The molecule has 5 nitrogen and oxygen atoms in total. The van der Waals surface area contributed by atoms with E-state index in [9.17, 15) is 5.11 Å². The fourth-order valence-electron chi connectivity index (χ4n) is 2.86. The molecule has 3 heterocycles. The molecule has 5 heteroatoms. The number of morpholine rings is 1. The van der Waals surface area contributed by atoms with Crippen LogP contribution in [0.15, 0.2) is 12.5 Å². The molecule has 2 saturated heterocycles. The van der Waals surface area contributed by atoms with E-state index in [2.05, 4.69) is 9.88 Å². The van der Waals surface area contributed by atoms with E-state index in [1.807, 2.05) is 4.57 Å². The van der Waals surface area contributed by atoms with Crippen molar-refractivity contribution < 1.29 is 9.84 Å². The van der Waals surface area contributed by atoms with Gasteiger partial charge >= 0.3 is 0 Å². The first kappa shape index (κ1) is 11.2. The summed E-state index contributed by atoms with van der Waals surface area (Å²) < 4.78 is 7.88. The molecule has 0 spiro atoms. The molecule has 0 aliphatic carbocycles. The average Bonchev–Trinajstić information content (AvgIpc) is 2.96. The summed E-state index contributed by atoms with van der Waals surface area (Å²) in [5.74, 6) is 0. The molecule has 0 saturated carbocycles. The summed E-state index contributed by atoms with van der Waals surface area (Å²) in [6.45, 7) is 3.90. The molecule has 2 unspecified atom stereocenters. The first-order valence-electron chi connectivity index (χ1n) is 6.32. The molecule has 17 heavy (non-hydrogen) atoms. The summed E-state index contributed by atoms with van der Waals surface area (Å²) in [6, 6.07) is 0.645. The third-order valence-electron chi connectivity index (χ3n) is 3.82. The Morgan fingerprint density at radius 1 is 1.53 bits per heavy atom. The summed E-state index contributed by atoms with van der Waals surface area (Å²) in [4.78, 5) is 6.59. The lowest BCUT2D eigenvalue weighted by atomic mass is 10.2. The largest absolute Gasteiger partial charge is 0.390 e. The Hall–Kier alpha value is -0.910. The van der Waals surface area contributed by atoms with Gasteiger partial charge in [0.2, 0.25) is 0 Å². The Bertz CT molecular complexity index is 380. The zero-order chi connectivity index (χ0) is 11.7. The van der Waals surface area contributed by atoms with Gasteiger partial charge < -0.3 is 14.4 Å². The van der Waals surface area contributed by atoms with Crippen LogP contribution in [0.5, 0.6) is 0 Å². The van der Waals surface area contributed by atoms with Crippen LogP contribution in [0, 0.1) is 0 Å². The van der Waals surface area contributed by atoms with Crippen molar-refractivity contribution in [2.24, 2.45) is 0 Å². The van der Waals surface area contributed by atoms with Crippen molar-refractivity contribution in [2.45, 2.75) is 38.1 Å². The Morgan fingerprint density at radius 3 is 3.35 bits per heavy atom. The molecule has 0 radical (unpaired) electrons. The van der Waals surface area contributed by atoms with Crippen molar-refractivity contribution >= 4 is 0 Å². The minimum absolute atomic E-state index is 0.0407. The van der Waals surface area contributed by atoms with Crippen LogP contribution in [0.1, 0.15) is 18.5 Å². The predicted octanol–water partition coefficient (Wildman–Crippen LogP) is 0.239. The highest BCUT2D eigenvalue weighted by molar-refractivity contribution is 4.97. The molecule has 0 bridgehead atoms. The number of imidazole rings is 1. The average molecular weight is 237 g/mol. The summed E-state index contributed by atoms with van der Waals surface area (Å²) in [5, 5.41) is 9.17. The molecular weight excluding hydrogens is 218 g/mol. The van der Waals surface area contributed by atoms with Crippen LogP contribution >= 0.6 is 0 Å². The van der Waals surface area contributed by atoms with Gasteiger partial charge in [0.25, 0.3) is 0 Å². The molecule has 2 atom stereocenters. The third-order valence-corrected chi connectivity index (χ3v) is 3.82. The van der Waals surface area contributed by atoms with Crippen molar-refractivity contribution in [1.29, 1.82) is 0 Å². The lowest BCUT2D eigenvalue weighted by Crippen LogP contribution is -2.47. The quantitative estimate of drug-likeness (QED) is 0.818. The molecule has 2 fully saturated rings. The maximum Gasteiger partial charge on any atom is 0.0949 e. The Labute approximate surface area is 101 Å².